The van der Waals surface area contributed by atoms with Crippen molar-refractivity contribution < 1.29 is 14.6 Å². The maximum atomic E-state index is 13.2. The van der Waals surface area contributed by atoms with Gasteiger partial charge in [0.15, 0.2) is 6.79 Å². The Morgan fingerprint density at radius 3 is 2.44 bits per heavy atom. The van der Waals surface area contributed by atoms with E-state index in [9.17, 15) is 4.79 Å². The van der Waals surface area contributed by atoms with Crippen molar-refractivity contribution in [1.29, 1.82) is 0 Å². The maximum absolute atomic E-state index is 13.2. The number of ether oxygens (including phenoxy) is 1. The van der Waals surface area contributed by atoms with E-state index in [2.05, 4.69) is 36.1 Å². The lowest BCUT2D eigenvalue weighted by molar-refractivity contribution is -0.132. The van der Waals surface area contributed by atoms with Gasteiger partial charge in [0.05, 0.1) is 5.92 Å². The fraction of sp³-hybridized carbons (Fsp3) is 0.409. The quantitative estimate of drug-likeness (QED) is 0.796. The van der Waals surface area contributed by atoms with Crippen molar-refractivity contribution >= 4 is 11.6 Å². The van der Waals surface area contributed by atoms with Crippen LogP contribution < -0.4 is 9.64 Å². The third-order valence-corrected chi connectivity index (χ3v) is 5.15. The molecule has 1 fully saturated rings. The number of hydrogen-bond acceptors (Lipinski definition) is 4. The number of benzene rings is 2. The van der Waals surface area contributed by atoms with Crippen LogP contribution in [-0.4, -0.2) is 48.9 Å². The van der Waals surface area contributed by atoms with Gasteiger partial charge >= 0.3 is 0 Å². The zero-order chi connectivity index (χ0) is 19.1. The van der Waals surface area contributed by atoms with E-state index >= 15 is 0 Å². The number of carbonyl (C=O) groups is 1. The van der Waals surface area contributed by atoms with Gasteiger partial charge in [0.25, 0.3) is 0 Å². The average Bonchev–Trinajstić information content (AvgIpc) is 2.97. The summed E-state index contributed by atoms with van der Waals surface area (Å²) < 4.78 is 5.08. The monoisotopic (exact) mass is 368 g/mol. The highest BCUT2D eigenvalue weighted by Crippen LogP contribution is 2.25. The number of hydrogen-bond donors (Lipinski definition) is 1. The molecular formula is C22H28N2O3. The topological polar surface area (TPSA) is 53.0 Å². The molecule has 5 heteroatoms. The molecule has 0 aromatic heterocycles. The third-order valence-electron chi connectivity index (χ3n) is 5.15. The predicted molar refractivity (Wildman–Crippen MR) is 107 cm³/mol. The van der Waals surface area contributed by atoms with E-state index in [1.54, 1.807) is 12.1 Å². The number of anilines is 1. The first-order valence-corrected chi connectivity index (χ1v) is 9.65. The predicted octanol–water partition coefficient (Wildman–Crippen LogP) is 3.25. The van der Waals surface area contributed by atoms with Crippen molar-refractivity contribution in [2.45, 2.75) is 25.7 Å². The molecule has 0 aliphatic carbocycles. The summed E-state index contributed by atoms with van der Waals surface area (Å²) in [6, 6.07) is 17.9. The van der Waals surface area contributed by atoms with Crippen molar-refractivity contribution in [2.24, 2.45) is 0 Å². The molecule has 2 aromatic rings. The molecule has 2 aromatic carbocycles. The third kappa shape index (κ3) is 4.80. The van der Waals surface area contributed by atoms with E-state index < -0.39 is 0 Å². The van der Waals surface area contributed by atoms with Crippen molar-refractivity contribution in [3.05, 3.63) is 60.2 Å². The first-order chi connectivity index (χ1) is 13.2. The average molecular weight is 368 g/mol. The Labute approximate surface area is 161 Å². The van der Waals surface area contributed by atoms with Gasteiger partial charge in [-0.25, -0.2) is 0 Å². The van der Waals surface area contributed by atoms with E-state index in [4.69, 9.17) is 9.84 Å². The summed E-state index contributed by atoms with van der Waals surface area (Å²) in [4.78, 5) is 17.5. The van der Waals surface area contributed by atoms with Crippen molar-refractivity contribution in [3.8, 4) is 5.75 Å². The molecule has 1 heterocycles. The van der Waals surface area contributed by atoms with Gasteiger partial charge in [-0.15, -0.1) is 0 Å². The number of rotatable bonds is 6. The lowest BCUT2D eigenvalue weighted by Crippen LogP contribution is -2.38. The molecule has 0 saturated carbocycles. The second-order valence-corrected chi connectivity index (χ2v) is 6.80. The van der Waals surface area contributed by atoms with Gasteiger partial charge in [-0.3, -0.25) is 4.79 Å². The summed E-state index contributed by atoms with van der Waals surface area (Å²) in [5.74, 6) is 0.663. The maximum Gasteiger partial charge on any atom is 0.230 e. The van der Waals surface area contributed by atoms with Crippen molar-refractivity contribution in [1.82, 2.24) is 4.90 Å². The number of nitrogens with zero attached hydrogens (tertiary/aromatic N) is 2. The number of aliphatic hydroxyl groups is 1. The van der Waals surface area contributed by atoms with E-state index in [0.717, 1.165) is 44.6 Å². The lowest BCUT2D eigenvalue weighted by Gasteiger charge is -2.27. The summed E-state index contributed by atoms with van der Waals surface area (Å²) in [5.41, 5.74) is 2.22. The molecular weight excluding hydrogens is 340 g/mol. The van der Waals surface area contributed by atoms with Gasteiger partial charge in [0, 0.05) is 31.9 Å². The van der Waals surface area contributed by atoms with Crippen molar-refractivity contribution in [3.63, 3.8) is 0 Å². The molecule has 1 unspecified atom stereocenters. The Morgan fingerprint density at radius 1 is 1.04 bits per heavy atom. The largest absolute Gasteiger partial charge is 0.468 e. The summed E-state index contributed by atoms with van der Waals surface area (Å²) in [6.07, 6.45) is 1.73. The molecule has 1 atom stereocenters. The standard InChI is InChI=1S/C22H28N2O3/c1-2-21(18-9-11-20(12-10-18)27-17-25)22(26)24-14-6-13-23(15-16-24)19-7-4-3-5-8-19/h3-5,7-12,21,25H,2,6,13-17H2,1H3. The van der Waals surface area contributed by atoms with Crippen LogP contribution in [0, 0.1) is 0 Å². The smallest absolute Gasteiger partial charge is 0.230 e. The first-order valence-electron chi connectivity index (χ1n) is 9.65. The number of aliphatic hydroxyl groups excluding tert-OH is 1. The first kappa shape index (κ1) is 19.2. The van der Waals surface area contributed by atoms with Crippen LogP contribution >= 0.6 is 0 Å². The Bertz CT molecular complexity index is 718. The molecule has 0 spiro atoms. The number of amides is 1. The van der Waals surface area contributed by atoms with E-state index in [1.807, 2.05) is 23.1 Å². The van der Waals surface area contributed by atoms with E-state index in [1.165, 1.54) is 5.69 Å². The van der Waals surface area contributed by atoms with Crippen molar-refractivity contribution in [2.75, 3.05) is 37.9 Å². The SMILES string of the molecule is CCC(C(=O)N1CCCN(c2ccccc2)CC1)c1ccc(OCO)cc1. The van der Waals surface area contributed by atoms with E-state index in [0.29, 0.717) is 5.75 Å². The lowest BCUT2D eigenvalue weighted by atomic mass is 9.94. The molecule has 0 radical (unpaired) electrons. The molecule has 1 amide bonds. The highest BCUT2D eigenvalue weighted by Gasteiger charge is 2.26. The Hall–Kier alpha value is -2.53. The molecule has 1 N–H and O–H groups in total. The Balaban J connectivity index is 1.66. The van der Waals surface area contributed by atoms with Gasteiger partial charge < -0.3 is 19.6 Å². The molecule has 27 heavy (non-hydrogen) atoms. The van der Waals surface area contributed by atoms with Crippen LogP contribution in [0.25, 0.3) is 0 Å². The van der Waals surface area contributed by atoms with Crippen LogP contribution in [0.15, 0.2) is 54.6 Å². The molecule has 1 aliphatic heterocycles. The van der Waals surface area contributed by atoms with Crippen LogP contribution in [-0.2, 0) is 4.79 Å². The molecule has 3 rings (SSSR count). The molecule has 144 valence electrons. The zero-order valence-corrected chi connectivity index (χ0v) is 15.9. The van der Waals surface area contributed by atoms with Gasteiger partial charge in [0.2, 0.25) is 5.91 Å². The second kappa shape index (κ2) is 9.42. The van der Waals surface area contributed by atoms with Crippen LogP contribution in [0.5, 0.6) is 5.75 Å². The summed E-state index contributed by atoms with van der Waals surface area (Å²) in [7, 11) is 0. The molecule has 1 saturated heterocycles. The minimum Gasteiger partial charge on any atom is -0.468 e. The van der Waals surface area contributed by atoms with Crippen LogP contribution in [0.2, 0.25) is 0 Å². The van der Waals surface area contributed by atoms with Crippen LogP contribution in [0.3, 0.4) is 0 Å². The summed E-state index contributed by atoms with van der Waals surface area (Å²) in [6.45, 7) is 5.07. The normalized spacial score (nSPS) is 15.9. The second-order valence-electron chi connectivity index (χ2n) is 6.80. The van der Waals surface area contributed by atoms with E-state index in [-0.39, 0.29) is 18.6 Å². The van der Waals surface area contributed by atoms with Gasteiger partial charge in [0.1, 0.15) is 5.75 Å². The Kier molecular flexibility index (Phi) is 6.71. The van der Waals surface area contributed by atoms with Crippen LogP contribution in [0.1, 0.15) is 31.2 Å². The minimum atomic E-state index is -0.346. The minimum absolute atomic E-state index is 0.142. The molecule has 5 nitrogen and oxygen atoms in total. The molecule has 0 bridgehead atoms. The summed E-state index contributed by atoms with van der Waals surface area (Å²) >= 11 is 0. The highest BCUT2D eigenvalue weighted by molar-refractivity contribution is 5.84. The summed E-state index contributed by atoms with van der Waals surface area (Å²) in [5, 5.41) is 8.85. The fourth-order valence-corrected chi connectivity index (χ4v) is 3.68. The zero-order valence-electron chi connectivity index (χ0n) is 15.9. The highest BCUT2D eigenvalue weighted by atomic mass is 16.6. The molecule has 1 aliphatic rings. The fourth-order valence-electron chi connectivity index (χ4n) is 3.68. The number of carbonyl (C=O) groups excluding carboxylic acids is 1. The van der Waals surface area contributed by atoms with Gasteiger partial charge in [-0.05, 0) is 42.7 Å². The Morgan fingerprint density at radius 2 is 1.78 bits per heavy atom. The van der Waals surface area contributed by atoms with Gasteiger partial charge in [-0.1, -0.05) is 37.3 Å². The van der Waals surface area contributed by atoms with Gasteiger partial charge in [-0.2, -0.15) is 0 Å². The number of para-hydroxylation sites is 1. The van der Waals surface area contributed by atoms with Crippen LogP contribution in [0.4, 0.5) is 5.69 Å².